The van der Waals surface area contributed by atoms with E-state index in [0.29, 0.717) is 11.7 Å². The molecule has 2 heterocycles. The Morgan fingerprint density at radius 2 is 0.796 bits per heavy atom. The van der Waals surface area contributed by atoms with Gasteiger partial charge in [0, 0.05) is 11.8 Å². The fourth-order valence-electron chi connectivity index (χ4n) is 8.23. The molecule has 2 amide bonds. The summed E-state index contributed by atoms with van der Waals surface area (Å²) in [4.78, 5) is 43.9. The Morgan fingerprint density at radius 3 is 1.09 bits per heavy atom. The van der Waals surface area contributed by atoms with Crippen LogP contribution < -0.4 is 0 Å². The maximum absolute atomic E-state index is 14.6. The number of nitrogens with zero attached hydrogens (tertiary/aromatic N) is 4. The van der Waals surface area contributed by atoms with Crippen LogP contribution in [-0.2, 0) is 9.47 Å². The van der Waals surface area contributed by atoms with Crippen LogP contribution in [0.4, 0.5) is 9.59 Å². The van der Waals surface area contributed by atoms with Crippen LogP contribution in [0.25, 0.3) is 0 Å². The van der Waals surface area contributed by atoms with E-state index >= 15 is 0 Å². The lowest BCUT2D eigenvalue weighted by molar-refractivity contribution is 0.0280. The first kappa shape index (κ1) is 37.1. The molecule has 0 radical (unpaired) electrons. The Kier molecular flexibility index (Phi) is 10.5. The summed E-state index contributed by atoms with van der Waals surface area (Å²) < 4.78 is 12.4. The van der Waals surface area contributed by atoms with Gasteiger partial charge in [0.1, 0.15) is 35.0 Å². The maximum atomic E-state index is 14.6. The van der Waals surface area contributed by atoms with E-state index in [1.165, 1.54) is 0 Å². The monoisotopic (exact) mass is 724 g/mol. The molecule has 1 saturated carbocycles. The molecule has 1 aliphatic carbocycles. The van der Waals surface area contributed by atoms with Gasteiger partial charge in [0.2, 0.25) is 0 Å². The second-order valence-corrected chi connectivity index (χ2v) is 16.6. The highest BCUT2D eigenvalue weighted by atomic mass is 16.6. The Hall–Kier alpha value is -5.24. The average molecular weight is 725 g/mol. The van der Waals surface area contributed by atoms with E-state index < -0.39 is 35.5 Å². The fraction of sp³-hybridized carbons (Fsp3) is 0.391. The molecule has 4 aromatic carbocycles. The van der Waals surface area contributed by atoms with Gasteiger partial charge in [0.25, 0.3) is 0 Å². The van der Waals surface area contributed by atoms with Gasteiger partial charge >= 0.3 is 12.2 Å². The number of hydrogen-bond donors (Lipinski definition) is 0. The summed E-state index contributed by atoms with van der Waals surface area (Å²) in [6, 6.07) is 39.1. The third-order valence-corrected chi connectivity index (χ3v) is 10.4. The predicted octanol–water partition coefficient (Wildman–Crippen LogP) is 11.1. The largest absolute Gasteiger partial charge is 0.443 e. The summed E-state index contributed by atoms with van der Waals surface area (Å²) in [5, 5.41) is 0. The molecule has 280 valence electrons. The zero-order valence-corrected chi connectivity index (χ0v) is 32.3. The van der Waals surface area contributed by atoms with Crippen LogP contribution in [0.2, 0.25) is 0 Å². The molecule has 0 saturated heterocycles. The summed E-state index contributed by atoms with van der Waals surface area (Å²) in [6.45, 7) is 11.4. The van der Waals surface area contributed by atoms with Crippen LogP contribution in [-0.4, -0.2) is 44.9 Å². The van der Waals surface area contributed by atoms with Gasteiger partial charge in [-0.1, -0.05) is 134 Å². The summed E-state index contributed by atoms with van der Waals surface area (Å²) in [5.74, 6) is 0.924. The maximum Gasteiger partial charge on any atom is 0.416 e. The second kappa shape index (κ2) is 15.2. The van der Waals surface area contributed by atoms with Crippen LogP contribution in [0.3, 0.4) is 0 Å². The zero-order valence-electron chi connectivity index (χ0n) is 32.3. The van der Waals surface area contributed by atoms with Gasteiger partial charge in [0.15, 0.2) is 0 Å². The molecular weight excluding hydrogens is 673 g/mol. The molecular formula is C46H52N4O4. The molecule has 6 atom stereocenters. The summed E-state index contributed by atoms with van der Waals surface area (Å²) >= 11 is 0. The summed E-state index contributed by atoms with van der Waals surface area (Å²) in [5.41, 5.74) is 2.54. The molecule has 0 aromatic heterocycles. The highest BCUT2D eigenvalue weighted by Crippen LogP contribution is 2.50. The Balaban J connectivity index is 1.39. The molecule has 54 heavy (non-hydrogen) atoms. The second-order valence-electron chi connectivity index (χ2n) is 16.6. The van der Waals surface area contributed by atoms with E-state index in [4.69, 9.17) is 19.5 Å². The van der Waals surface area contributed by atoms with E-state index in [9.17, 15) is 9.59 Å². The SMILES string of the molecule is CC(C)(C)OC(=O)N1C([C@H]2CCCC[C@@H]2C2=N[C@H](c3ccccc3)[C@@H](c3ccccc3)N2C(=O)OC(C)(C)C)=N[C@H](c2ccccc2)[C@H]1c1ccccc1. The Labute approximate surface area is 319 Å². The minimum atomic E-state index is -0.727. The van der Waals surface area contributed by atoms with Crippen LogP contribution >= 0.6 is 0 Å². The first-order chi connectivity index (χ1) is 25.9. The number of carbonyl (C=O) groups is 2. The fourth-order valence-corrected chi connectivity index (χ4v) is 8.23. The number of rotatable bonds is 6. The van der Waals surface area contributed by atoms with Crippen molar-refractivity contribution in [2.75, 3.05) is 0 Å². The van der Waals surface area contributed by atoms with Crippen molar-refractivity contribution in [1.82, 2.24) is 9.80 Å². The lowest BCUT2D eigenvalue weighted by atomic mass is 9.77. The molecule has 0 bridgehead atoms. The highest BCUT2D eigenvalue weighted by Gasteiger charge is 2.52. The van der Waals surface area contributed by atoms with Crippen LogP contribution in [0.1, 0.15) is 114 Å². The normalized spacial score (nSPS) is 24.5. The first-order valence-electron chi connectivity index (χ1n) is 19.3. The third-order valence-electron chi connectivity index (χ3n) is 10.4. The quantitative estimate of drug-likeness (QED) is 0.198. The molecule has 2 aliphatic heterocycles. The number of amides is 2. The minimum Gasteiger partial charge on any atom is -0.443 e. The van der Waals surface area contributed by atoms with Crippen molar-refractivity contribution in [2.45, 2.75) is 103 Å². The van der Waals surface area contributed by atoms with Gasteiger partial charge < -0.3 is 9.47 Å². The van der Waals surface area contributed by atoms with E-state index in [1.807, 2.05) is 124 Å². The van der Waals surface area contributed by atoms with Crippen molar-refractivity contribution in [3.63, 3.8) is 0 Å². The van der Waals surface area contributed by atoms with Crippen LogP contribution in [0, 0.1) is 11.8 Å². The molecule has 4 aromatic rings. The molecule has 0 N–H and O–H groups in total. The van der Waals surface area contributed by atoms with Crippen molar-refractivity contribution < 1.29 is 19.1 Å². The van der Waals surface area contributed by atoms with E-state index in [-0.39, 0.29) is 23.9 Å². The zero-order chi connectivity index (χ0) is 38.0. The van der Waals surface area contributed by atoms with Crippen LogP contribution in [0.15, 0.2) is 131 Å². The Bertz CT molecular complexity index is 1820. The molecule has 0 unspecified atom stereocenters. The number of ether oxygens (including phenoxy) is 2. The molecule has 7 rings (SSSR count). The van der Waals surface area contributed by atoms with Gasteiger partial charge in [-0.25, -0.2) is 9.59 Å². The summed E-state index contributed by atoms with van der Waals surface area (Å²) in [7, 11) is 0. The number of hydrogen-bond acceptors (Lipinski definition) is 6. The standard InChI is InChI=1S/C46H52N4O4/c1-45(2,3)53-43(51)49-39(33-25-15-9-16-26-33)37(31-21-11-7-12-22-31)47-41(49)35-29-19-20-30-36(35)42-48-38(32-23-13-8-14-24-32)40(34-27-17-10-18-28-34)50(42)44(52)54-46(4,5)6/h7-18,21-28,35-40H,19-20,29-30H2,1-6H3/t35-,36-,37+,38+,39+,40+/m0/s1. The van der Waals surface area contributed by atoms with E-state index in [0.717, 1.165) is 47.9 Å². The van der Waals surface area contributed by atoms with Gasteiger partial charge in [-0.2, -0.15) is 0 Å². The average Bonchev–Trinajstić information content (AvgIpc) is 3.76. The molecule has 1 fully saturated rings. The predicted molar refractivity (Wildman–Crippen MR) is 213 cm³/mol. The van der Waals surface area contributed by atoms with Crippen LogP contribution in [0.5, 0.6) is 0 Å². The molecule has 3 aliphatic rings. The molecule has 0 spiro atoms. The van der Waals surface area contributed by atoms with Gasteiger partial charge in [-0.05, 0) is 76.6 Å². The van der Waals surface area contributed by atoms with Gasteiger partial charge in [0.05, 0.1) is 12.1 Å². The number of carbonyl (C=O) groups excluding carboxylic acids is 2. The molecule has 8 heteroatoms. The van der Waals surface area contributed by atoms with Crippen molar-refractivity contribution in [1.29, 1.82) is 0 Å². The topological polar surface area (TPSA) is 83.8 Å². The number of aliphatic imine (C=N–C) groups is 2. The van der Waals surface area contributed by atoms with Crippen molar-refractivity contribution in [3.8, 4) is 0 Å². The lowest BCUT2D eigenvalue weighted by Gasteiger charge is -2.39. The summed E-state index contributed by atoms with van der Waals surface area (Å²) in [6.07, 6.45) is 2.60. The van der Waals surface area contributed by atoms with Gasteiger partial charge in [-0.3, -0.25) is 19.8 Å². The van der Waals surface area contributed by atoms with E-state index in [2.05, 4.69) is 48.5 Å². The lowest BCUT2D eigenvalue weighted by Crippen LogP contribution is -2.50. The highest BCUT2D eigenvalue weighted by molar-refractivity contribution is 6.05. The van der Waals surface area contributed by atoms with Crippen molar-refractivity contribution in [3.05, 3.63) is 144 Å². The van der Waals surface area contributed by atoms with Crippen molar-refractivity contribution >= 4 is 23.9 Å². The smallest absolute Gasteiger partial charge is 0.416 e. The molecule has 8 nitrogen and oxygen atoms in total. The van der Waals surface area contributed by atoms with Crippen molar-refractivity contribution in [2.24, 2.45) is 21.8 Å². The number of benzene rings is 4. The Morgan fingerprint density at radius 1 is 0.500 bits per heavy atom. The van der Waals surface area contributed by atoms with Gasteiger partial charge in [-0.15, -0.1) is 0 Å². The first-order valence-corrected chi connectivity index (χ1v) is 19.3. The third kappa shape index (κ3) is 7.84. The van der Waals surface area contributed by atoms with E-state index in [1.54, 1.807) is 0 Å². The number of amidine groups is 2. The minimum absolute atomic E-state index is 0.221.